The van der Waals surface area contributed by atoms with Gasteiger partial charge in [0.05, 0.1) is 10.6 Å². The summed E-state index contributed by atoms with van der Waals surface area (Å²) in [6, 6.07) is 7.20. The SMILES string of the molecule is O=C(NC1CCN(C(=O)C2CCCCC2)CC1)c1ccccc1Cl. The predicted molar refractivity (Wildman–Crippen MR) is 95.1 cm³/mol. The van der Waals surface area contributed by atoms with Crippen molar-refractivity contribution in [3.63, 3.8) is 0 Å². The van der Waals surface area contributed by atoms with Gasteiger partial charge in [0.15, 0.2) is 0 Å². The first kappa shape index (κ1) is 17.3. The number of carbonyl (C=O) groups excluding carboxylic acids is 2. The van der Waals surface area contributed by atoms with Gasteiger partial charge in [-0.1, -0.05) is 43.0 Å². The van der Waals surface area contributed by atoms with Gasteiger partial charge in [-0.05, 0) is 37.8 Å². The van der Waals surface area contributed by atoms with Crippen LogP contribution in [0.5, 0.6) is 0 Å². The molecule has 1 N–H and O–H groups in total. The Morgan fingerprint density at radius 3 is 2.33 bits per heavy atom. The summed E-state index contributed by atoms with van der Waals surface area (Å²) in [5.41, 5.74) is 0.514. The highest BCUT2D eigenvalue weighted by Crippen LogP contribution is 2.26. The highest BCUT2D eigenvalue weighted by atomic mass is 35.5. The second-order valence-corrected chi connectivity index (χ2v) is 7.30. The van der Waals surface area contributed by atoms with Crippen LogP contribution in [0.3, 0.4) is 0 Å². The van der Waals surface area contributed by atoms with E-state index < -0.39 is 0 Å². The molecule has 0 bridgehead atoms. The van der Waals surface area contributed by atoms with Crippen molar-refractivity contribution >= 4 is 23.4 Å². The zero-order valence-corrected chi connectivity index (χ0v) is 14.7. The van der Waals surface area contributed by atoms with Gasteiger partial charge in [0.25, 0.3) is 5.91 Å². The number of likely N-dealkylation sites (tertiary alicyclic amines) is 1. The third-order valence-electron chi connectivity index (χ3n) is 5.21. The van der Waals surface area contributed by atoms with Gasteiger partial charge in [-0.3, -0.25) is 9.59 Å². The van der Waals surface area contributed by atoms with Gasteiger partial charge in [-0.25, -0.2) is 0 Å². The number of rotatable bonds is 3. The van der Waals surface area contributed by atoms with E-state index in [1.165, 1.54) is 19.3 Å². The van der Waals surface area contributed by atoms with E-state index in [0.29, 0.717) is 16.5 Å². The first-order chi connectivity index (χ1) is 11.6. The fraction of sp³-hybridized carbons (Fsp3) is 0.579. The molecule has 0 aromatic heterocycles. The number of benzene rings is 1. The van der Waals surface area contributed by atoms with Crippen molar-refractivity contribution in [2.45, 2.75) is 51.0 Å². The molecule has 1 aromatic rings. The molecule has 1 aromatic carbocycles. The molecule has 24 heavy (non-hydrogen) atoms. The molecule has 3 rings (SSSR count). The van der Waals surface area contributed by atoms with Gasteiger partial charge in [-0.2, -0.15) is 0 Å². The summed E-state index contributed by atoms with van der Waals surface area (Å²) in [6.07, 6.45) is 7.34. The number of carbonyl (C=O) groups is 2. The van der Waals surface area contributed by atoms with Crippen LogP contribution < -0.4 is 5.32 Å². The van der Waals surface area contributed by atoms with E-state index >= 15 is 0 Å². The normalized spacial score (nSPS) is 20.0. The van der Waals surface area contributed by atoms with Crippen LogP contribution in [0.1, 0.15) is 55.3 Å². The van der Waals surface area contributed by atoms with Crippen molar-refractivity contribution in [2.75, 3.05) is 13.1 Å². The number of nitrogens with zero attached hydrogens (tertiary/aromatic N) is 1. The minimum Gasteiger partial charge on any atom is -0.349 e. The topological polar surface area (TPSA) is 49.4 Å². The molecular formula is C19H25ClN2O2. The van der Waals surface area contributed by atoms with Crippen LogP contribution in [-0.2, 0) is 4.79 Å². The number of amides is 2. The summed E-state index contributed by atoms with van der Waals surface area (Å²) in [7, 11) is 0. The number of hydrogen-bond donors (Lipinski definition) is 1. The molecule has 1 aliphatic carbocycles. The summed E-state index contributed by atoms with van der Waals surface area (Å²) in [6.45, 7) is 1.48. The van der Waals surface area contributed by atoms with Gasteiger partial charge >= 0.3 is 0 Å². The lowest BCUT2D eigenvalue weighted by molar-refractivity contribution is -0.137. The molecule has 4 nitrogen and oxygen atoms in total. The summed E-state index contributed by atoms with van der Waals surface area (Å²) >= 11 is 6.07. The summed E-state index contributed by atoms with van der Waals surface area (Å²) in [5.74, 6) is 0.427. The number of piperidine rings is 1. The van der Waals surface area contributed by atoms with Crippen molar-refractivity contribution < 1.29 is 9.59 Å². The van der Waals surface area contributed by atoms with Gasteiger partial charge in [0, 0.05) is 25.0 Å². The molecule has 0 atom stereocenters. The van der Waals surface area contributed by atoms with E-state index in [4.69, 9.17) is 11.6 Å². The Hall–Kier alpha value is -1.55. The van der Waals surface area contributed by atoms with Crippen LogP contribution in [0, 0.1) is 5.92 Å². The maximum absolute atomic E-state index is 12.6. The fourth-order valence-electron chi connectivity index (χ4n) is 3.76. The zero-order valence-electron chi connectivity index (χ0n) is 14.0. The van der Waals surface area contributed by atoms with Crippen molar-refractivity contribution in [1.29, 1.82) is 0 Å². The second kappa shape index (κ2) is 8.02. The van der Waals surface area contributed by atoms with Crippen LogP contribution in [0.4, 0.5) is 0 Å². The van der Waals surface area contributed by atoms with E-state index in [1.54, 1.807) is 12.1 Å². The monoisotopic (exact) mass is 348 g/mol. The lowest BCUT2D eigenvalue weighted by atomic mass is 9.87. The Kier molecular flexibility index (Phi) is 5.77. The first-order valence-electron chi connectivity index (χ1n) is 8.99. The van der Waals surface area contributed by atoms with E-state index in [2.05, 4.69) is 5.32 Å². The number of hydrogen-bond acceptors (Lipinski definition) is 2. The zero-order chi connectivity index (χ0) is 16.9. The van der Waals surface area contributed by atoms with Crippen molar-refractivity contribution in [1.82, 2.24) is 10.2 Å². The molecule has 2 aliphatic rings. The quantitative estimate of drug-likeness (QED) is 0.906. The Morgan fingerprint density at radius 1 is 1.00 bits per heavy atom. The molecule has 0 radical (unpaired) electrons. The highest BCUT2D eigenvalue weighted by molar-refractivity contribution is 6.33. The molecule has 2 fully saturated rings. The van der Waals surface area contributed by atoms with Crippen molar-refractivity contribution in [3.05, 3.63) is 34.9 Å². The Balaban J connectivity index is 1.49. The van der Waals surface area contributed by atoms with Crippen LogP contribution in [-0.4, -0.2) is 35.8 Å². The third kappa shape index (κ3) is 4.10. The van der Waals surface area contributed by atoms with Crippen molar-refractivity contribution in [3.8, 4) is 0 Å². The van der Waals surface area contributed by atoms with Gasteiger partial charge in [0.1, 0.15) is 0 Å². The third-order valence-corrected chi connectivity index (χ3v) is 5.54. The van der Waals surface area contributed by atoms with Crippen LogP contribution >= 0.6 is 11.6 Å². The summed E-state index contributed by atoms with van der Waals surface area (Å²) in [4.78, 5) is 26.9. The minimum absolute atomic E-state index is 0.115. The fourth-order valence-corrected chi connectivity index (χ4v) is 3.98. The molecule has 1 heterocycles. The maximum atomic E-state index is 12.6. The lowest BCUT2D eigenvalue weighted by Gasteiger charge is -2.35. The average molecular weight is 349 g/mol. The van der Waals surface area contributed by atoms with Crippen LogP contribution in [0.2, 0.25) is 5.02 Å². The second-order valence-electron chi connectivity index (χ2n) is 6.89. The predicted octanol–water partition coefficient (Wildman–Crippen LogP) is 3.64. The number of nitrogens with one attached hydrogen (secondary N) is 1. The largest absolute Gasteiger partial charge is 0.349 e. The van der Waals surface area contributed by atoms with Gasteiger partial charge in [-0.15, -0.1) is 0 Å². The summed E-state index contributed by atoms with van der Waals surface area (Å²) in [5, 5.41) is 3.53. The van der Waals surface area contributed by atoms with Gasteiger partial charge < -0.3 is 10.2 Å². The standard InChI is InChI=1S/C19H25ClN2O2/c20-17-9-5-4-8-16(17)18(23)21-15-10-12-22(13-11-15)19(24)14-6-2-1-3-7-14/h4-5,8-9,14-15H,1-3,6-7,10-13H2,(H,21,23). The Bertz CT molecular complexity index is 591. The first-order valence-corrected chi connectivity index (χ1v) is 9.37. The van der Waals surface area contributed by atoms with Crippen LogP contribution in [0.15, 0.2) is 24.3 Å². The lowest BCUT2D eigenvalue weighted by Crippen LogP contribution is -2.48. The molecule has 130 valence electrons. The average Bonchev–Trinajstić information content (AvgIpc) is 2.63. The Morgan fingerprint density at radius 2 is 1.67 bits per heavy atom. The molecule has 1 saturated carbocycles. The van der Waals surface area contributed by atoms with E-state index in [-0.39, 0.29) is 17.9 Å². The van der Waals surface area contributed by atoms with E-state index in [0.717, 1.165) is 38.8 Å². The summed E-state index contributed by atoms with van der Waals surface area (Å²) < 4.78 is 0. The van der Waals surface area contributed by atoms with Gasteiger partial charge in [0.2, 0.25) is 5.91 Å². The number of halogens is 1. The van der Waals surface area contributed by atoms with E-state index in [9.17, 15) is 9.59 Å². The van der Waals surface area contributed by atoms with Crippen LogP contribution in [0.25, 0.3) is 0 Å². The molecule has 0 spiro atoms. The van der Waals surface area contributed by atoms with E-state index in [1.807, 2.05) is 17.0 Å². The smallest absolute Gasteiger partial charge is 0.253 e. The minimum atomic E-state index is -0.127. The van der Waals surface area contributed by atoms with Crippen molar-refractivity contribution in [2.24, 2.45) is 5.92 Å². The molecule has 1 aliphatic heterocycles. The maximum Gasteiger partial charge on any atom is 0.253 e. The molecular weight excluding hydrogens is 324 g/mol. The Labute approximate surface area is 148 Å². The molecule has 5 heteroatoms. The molecule has 1 saturated heterocycles. The highest BCUT2D eigenvalue weighted by Gasteiger charge is 2.29. The molecule has 2 amide bonds. The molecule has 0 unspecified atom stereocenters.